The van der Waals surface area contributed by atoms with Gasteiger partial charge in [0, 0.05) is 11.8 Å². The first-order valence-corrected chi connectivity index (χ1v) is 3.41. The van der Waals surface area contributed by atoms with Gasteiger partial charge >= 0.3 is 0 Å². The third-order valence-electron chi connectivity index (χ3n) is 1.45. The monoisotopic (exact) mass is 143 g/mol. The van der Waals surface area contributed by atoms with Crippen molar-refractivity contribution in [2.45, 2.75) is 25.8 Å². The van der Waals surface area contributed by atoms with E-state index in [1.54, 1.807) is 0 Å². The van der Waals surface area contributed by atoms with Crippen LogP contribution in [0.5, 0.6) is 0 Å². The van der Waals surface area contributed by atoms with Gasteiger partial charge in [-0.3, -0.25) is 4.79 Å². The maximum atomic E-state index is 10.4. The van der Waals surface area contributed by atoms with Crippen LogP contribution in [0.1, 0.15) is 19.8 Å². The SMILES string of the molecule is CC(=O)NC1CCC1=S. The number of hydrogen-bond acceptors (Lipinski definition) is 2. The Morgan fingerprint density at radius 2 is 2.56 bits per heavy atom. The third kappa shape index (κ3) is 1.48. The van der Waals surface area contributed by atoms with Crippen LogP contribution in [0.4, 0.5) is 0 Å². The molecule has 1 saturated carbocycles. The van der Waals surface area contributed by atoms with Gasteiger partial charge in [-0.05, 0) is 12.8 Å². The molecule has 0 aliphatic heterocycles. The van der Waals surface area contributed by atoms with Gasteiger partial charge in [-0.15, -0.1) is 0 Å². The summed E-state index contributed by atoms with van der Waals surface area (Å²) in [5, 5.41) is 2.75. The van der Waals surface area contributed by atoms with Crippen molar-refractivity contribution in [3.63, 3.8) is 0 Å². The van der Waals surface area contributed by atoms with E-state index in [9.17, 15) is 4.79 Å². The summed E-state index contributed by atoms with van der Waals surface area (Å²) in [6.45, 7) is 1.51. The Hall–Kier alpha value is -0.440. The average Bonchev–Trinajstić information content (AvgIpc) is 1.79. The molecule has 1 N–H and O–H groups in total. The molecule has 0 aromatic heterocycles. The zero-order valence-electron chi connectivity index (χ0n) is 5.31. The average molecular weight is 143 g/mol. The van der Waals surface area contributed by atoms with Crippen LogP contribution in [0, 0.1) is 0 Å². The van der Waals surface area contributed by atoms with Crippen LogP contribution in [0.3, 0.4) is 0 Å². The molecule has 0 aromatic carbocycles. The van der Waals surface area contributed by atoms with E-state index in [2.05, 4.69) is 5.32 Å². The fourth-order valence-corrected chi connectivity index (χ4v) is 1.10. The summed E-state index contributed by atoms with van der Waals surface area (Å²) in [5.74, 6) is 0.0158. The second-order valence-corrected chi connectivity index (χ2v) is 2.78. The fraction of sp³-hybridized carbons (Fsp3) is 0.667. The number of carbonyl (C=O) groups is 1. The van der Waals surface area contributed by atoms with Crippen LogP contribution in [-0.2, 0) is 4.79 Å². The first kappa shape index (κ1) is 6.68. The van der Waals surface area contributed by atoms with Gasteiger partial charge in [-0.1, -0.05) is 12.2 Å². The highest BCUT2D eigenvalue weighted by Crippen LogP contribution is 2.15. The highest BCUT2D eigenvalue weighted by molar-refractivity contribution is 7.80. The van der Waals surface area contributed by atoms with Gasteiger partial charge in [0.15, 0.2) is 0 Å². The van der Waals surface area contributed by atoms with Gasteiger partial charge in [0.05, 0.1) is 6.04 Å². The number of rotatable bonds is 1. The molecule has 50 valence electrons. The van der Waals surface area contributed by atoms with E-state index in [4.69, 9.17) is 12.2 Å². The summed E-state index contributed by atoms with van der Waals surface area (Å²) in [5.41, 5.74) is 0. The minimum atomic E-state index is 0.0158. The molecule has 1 aliphatic rings. The molecule has 3 heteroatoms. The summed E-state index contributed by atoms with van der Waals surface area (Å²) in [7, 11) is 0. The molecule has 0 aromatic rings. The van der Waals surface area contributed by atoms with Crippen LogP contribution in [0.15, 0.2) is 0 Å². The largest absolute Gasteiger partial charge is 0.349 e. The molecule has 9 heavy (non-hydrogen) atoms. The van der Waals surface area contributed by atoms with Crippen molar-refractivity contribution in [2.75, 3.05) is 0 Å². The molecular weight excluding hydrogens is 134 g/mol. The van der Waals surface area contributed by atoms with Crippen LogP contribution in [0.25, 0.3) is 0 Å². The van der Waals surface area contributed by atoms with Crippen LogP contribution in [-0.4, -0.2) is 16.8 Å². The van der Waals surface area contributed by atoms with Crippen molar-refractivity contribution >= 4 is 23.0 Å². The van der Waals surface area contributed by atoms with E-state index in [0.29, 0.717) is 0 Å². The Bertz CT molecular complexity index is 155. The molecule has 1 aliphatic carbocycles. The van der Waals surface area contributed by atoms with Gasteiger partial charge in [0.2, 0.25) is 5.91 Å². The lowest BCUT2D eigenvalue weighted by molar-refractivity contribution is -0.119. The summed E-state index contributed by atoms with van der Waals surface area (Å²) >= 11 is 4.91. The van der Waals surface area contributed by atoms with Gasteiger partial charge in [-0.2, -0.15) is 0 Å². The van der Waals surface area contributed by atoms with Crippen LogP contribution in [0.2, 0.25) is 0 Å². The van der Waals surface area contributed by atoms with E-state index >= 15 is 0 Å². The topological polar surface area (TPSA) is 29.1 Å². The molecular formula is C6H9NOS. The van der Waals surface area contributed by atoms with E-state index in [0.717, 1.165) is 17.7 Å². The predicted molar refractivity (Wildman–Crippen MR) is 39.4 cm³/mol. The molecule has 0 bridgehead atoms. The fourth-order valence-electron chi connectivity index (χ4n) is 0.805. The van der Waals surface area contributed by atoms with E-state index < -0.39 is 0 Å². The van der Waals surface area contributed by atoms with E-state index in [-0.39, 0.29) is 11.9 Å². The third-order valence-corrected chi connectivity index (χ3v) is 1.93. The zero-order chi connectivity index (χ0) is 6.85. The molecule has 1 fully saturated rings. The minimum Gasteiger partial charge on any atom is -0.349 e. The maximum absolute atomic E-state index is 10.4. The summed E-state index contributed by atoms with van der Waals surface area (Å²) in [4.78, 5) is 11.4. The molecule has 0 radical (unpaired) electrons. The van der Waals surface area contributed by atoms with Crippen molar-refractivity contribution < 1.29 is 4.79 Å². The number of hydrogen-bond donors (Lipinski definition) is 1. The number of thiocarbonyl (C=S) groups is 1. The lowest BCUT2D eigenvalue weighted by Gasteiger charge is -2.27. The molecule has 0 saturated heterocycles. The molecule has 1 unspecified atom stereocenters. The van der Waals surface area contributed by atoms with E-state index in [1.165, 1.54) is 6.92 Å². The Morgan fingerprint density at radius 3 is 2.67 bits per heavy atom. The summed E-state index contributed by atoms with van der Waals surface area (Å²) < 4.78 is 0. The number of carbonyl (C=O) groups excluding carboxylic acids is 1. The number of nitrogens with one attached hydrogen (secondary N) is 1. The van der Waals surface area contributed by atoms with Crippen molar-refractivity contribution in [1.29, 1.82) is 0 Å². The van der Waals surface area contributed by atoms with Gasteiger partial charge < -0.3 is 5.32 Å². The van der Waals surface area contributed by atoms with E-state index in [1.807, 2.05) is 0 Å². The second-order valence-electron chi connectivity index (χ2n) is 2.26. The van der Waals surface area contributed by atoms with Crippen molar-refractivity contribution in [3.8, 4) is 0 Å². The molecule has 2 nitrogen and oxygen atoms in total. The van der Waals surface area contributed by atoms with Crippen molar-refractivity contribution in [1.82, 2.24) is 5.32 Å². The Balaban J connectivity index is 2.29. The first-order chi connectivity index (χ1) is 4.20. The van der Waals surface area contributed by atoms with Gasteiger partial charge in [-0.25, -0.2) is 0 Å². The molecule has 1 amide bonds. The smallest absolute Gasteiger partial charge is 0.217 e. The summed E-state index contributed by atoms with van der Waals surface area (Å²) in [6, 6.07) is 0.206. The van der Waals surface area contributed by atoms with Crippen molar-refractivity contribution in [3.05, 3.63) is 0 Å². The predicted octanol–water partition coefficient (Wildman–Crippen LogP) is 0.655. The Morgan fingerprint density at radius 1 is 1.89 bits per heavy atom. The quantitative estimate of drug-likeness (QED) is 0.546. The summed E-state index contributed by atoms with van der Waals surface area (Å²) in [6.07, 6.45) is 2.03. The van der Waals surface area contributed by atoms with Gasteiger partial charge in [0.25, 0.3) is 0 Å². The standard InChI is InChI=1S/C6H9NOS/c1-4(8)7-5-2-3-6(5)9/h5H,2-3H2,1H3,(H,7,8). The lowest BCUT2D eigenvalue weighted by Crippen LogP contribution is -2.45. The Kier molecular flexibility index (Phi) is 1.81. The first-order valence-electron chi connectivity index (χ1n) is 3.00. The van der Waals surface area contributed by atoms with Crippen LogP contribution >= 0.6 is 12.2 Å². The molecule has 0 spiro atoms. The normalized spacial score (nSPS) is 25.0. The molecule has 1 rings (SSSR count). The van der Waals surface area contributed by atoms with Crippen molar-refractivity contribution in [2.24, 2.45) is 0 Å². The molecule has 0 heterocycles. The highest BCUT2D eigenvalue weighted by atomic mass is 32.1. The lowest BCUT2D eigenvalue weighted by atomic mass is 9.93. The second kappa shape index (κ2) is 2.43. The Labute approximate surface area is 59.6 Å². The van der Waals surface area contributed by atoms with Crippen LogP contribution < -0.4 is 5.32 Å². The zero-order valence-corrected chi connectivity index (χ0v) is 6.12. The number of amides is 1. The molecule has 1 atom stereocenters. The van der Waals surface area contributed by atoms with Gasteiger partial charge in [0.1, 0.15) is 0 Å². The maximum Gasteiger partial charge on any atom is 0.217 e. The highest BCUT2D eigenvalue weighted by Gasteiger charge is 2.23. The minimum absolute atomic E-state index is 0.0158.